The standard InChI is InChI=1S/C11H11Cl2N3O/c12-9-1-6(3-14-10(9)13)11(17)16-4-7-2-8(5-16)15-7/h1,3,7-8,15H,2,4-5H2. The summed E-state index contributed by atoms with van der Waals surface area (Å²) in [5.74, 6) is -0.0210. The van der Waals surface area contributed by atoms with E-state index in [0.29, 0.717) is 22.7 Å². The number of hydrogen-bond acceptors (Lipinski definition) is 3. The van der Waals surface area contributed by atoms with E-state index < -0.39 is 0 Å². The summed E-state index contributed by atoms with van der Waals surface area (Å²) in [6, 6.07) is 2.48. The van der Waals surface area contributed by atoms with Crippen LogP contribution in [0.4, 0.5) is 0 Å². The van der Waals surface area contributed by atoms with Crippen LogP contribution in [0.15, 0.2) is 12.3 Å². The first-order valence-electron chi connectivity index (χ1n) is 5.50. The number of amides is 1. The Morgan fingerprint density at radius 3 is 2.65 bits per heavy atom. The molecule has 3 aliphatic rings. The number of carbonyl (C=O) groups excluding carboxylic acids is 1. The zero-order chi connectivity index (χ0) is 12.0. The molecule has 3 fully saturated rings. The van der Waals surface area contributed by atoms with Gasteiger partial charge in [0, 0.05) is 31.4 Å². The van der Waals surface area contributed by atoms with Gasteiger partial charge in [-0.2, -0.15) is 0 Å². The van der Waals surface area contributed by atoms with E-state index in [-0.39, 0.29) is 11.1 Å². The highest BCUT2D eigenvalue weighted by Crippen LogP contribution is 2.24. The van der Waals surface area contributed by atoms with Crippen LogP contribution < -0.4 is 5.32 Å². The number of hydrogen-bond donors (Lipinski definition) is 1. The van der Waals surface area contributed by atoms with Crippen molar-refractivity contribution < 1.29 is 4.79 Å². The zero-order valence-corrected chi connectivity index (χ0v) is 10.5. The maximum atomic E-state index is 12.2. The van der Waals surface area contributed by atoms with E-state index in [1.807, 2.05) is 4.90 Å². The van der Waals surface area contributed by atoms with Crippen molar-refractivity contribution in [3.8, 4) is 0 Å². The van der Waals surface area contributed by atoms with Gasteiger partial charge in [0.1, 0.15) is 5.15 Å². The van der Waals surface area contributed by atoms with Crippen LogP contribution in [0, 0.1) is 0 Å². The molecule has 1 aromatic heterocycles. The Labute approximate surface area is 109 Å². The van der Waals surface area contributed by atoms with Crippen LogP contribution in [0.2, 0.25) is 10.2 Å². The van der Waals surface area contributed by atoms with Gasteiger partial charge in [-0.3, -0.25) is 4.79 Å². The largest absolute Gasteiger partial charge is 0.335 e. The van der Waals surface area contributed by atoms with Gasteiger partial charge in [-0.25, -0.2) is 4.98 Å². The van der Waals surface area contributed by atoms with E-state index in [4.69, 9.17) is 23.2 Å². The normalized spacial score (nSPS) is 26.6. The number of piperidine rings is 1. The number of rotatable bonds is 1. The highest BCUT2D eigenvalue weighted by atomic mass is 35.5. The zero-order valence-electron chi connectivity index (χ0n) is 8.99. The lowest BCUT2D eigenvalue weighted by Gasteiger charge is -2.48. The molecule has 17 heavy (non-hydrogen) atoms. The first-order chi connectivity index (χ1) is 8.13. The molecule has 1 aromatic rings. The minimum absolute atomic E-state index is 0.0210. The van der Waals surface area contributed by atoms with Crippen LogP contribution in [-0.2, 0) is 0 Å². The molecular formula is C11H11Cl2N3O. The molecule has 0 aliphatic carbocycles. The second-order valence-corrected chi connectivity index (χ2v) is 5.27. The molecule has 0 aromatic carbocycles. The van der Waals surface area contributed by atoms with Crippen LogP contribution in [-0.4, -0.2) is 41.0 Å². The van der Waals surface area contributed by atoms with Crippen LogP contribution in [0.5, 0.6) is 0 Å². The molecular weight excluding hydrogens is 261 g/mol. The molecule has 6 heteroatoms. The maximum absolute atomic E-state index is 12.2. The van der Waals surface area contributed by atoms with Gasteiger partial charge in [-0.1, -0.05) is 23.2 Å². The second-order valence-electron chi connectivity index (χ2n) is 4.50. The average molecular weight is 272 g/mol. The number of nitrogens with one attached hydrogen (secondary N) is 1. The molecule has 3 saturated heterocycles. The second kappa shape index (κ2) is 4.12. The smallest absolute Gasteiger partial charge is 0.255 e. The van der Waals surface area contributed by atoms with E-state index in [1.54, 1.807) is 6.07 Å². The van der Waals surface area contributed by atoms with Gasteiger partial charge in [0.2, 0.25) is 0 Å². The summed E-state index contributed by atoms with van der Waals surface area (Å²) in [5, 5.41) is 3.92. The van der Waals surface area contributed by atoms with E-state index in [9.17, 15) is 4.79 Å². The summed E-state index contributed by atoms with van der Waals surface area (Å²) in [6.07, 6.45) is 2.65. The lowest BCUT2D eigenvalue weighted by Crippen LogP contribution is -2.67. The lowest BCUT2D eigenvalue weighted by molar-refractivity contribution is 0.0473. The molecule has 0 saturated carbocycles. The van der Waals surface area contributed by atoms with Crippen molar-refractivity contribution in [2.45, 2.75) is 18.5 Å². The quantitative estimate of drug-likeness (QED) is 0.789. The molecule has 2 unspecified atom stereocenters. The van der Waals surface area contributed by atoms with E-state index in [2.05, 4.69) is 10.3 Å². The fraction of sp³-hybridized carbons (Fsp3) is 0.455. The Morgan fingerprint density at radius 2 is 2.06 bits per heavy atom. The summed E-state index contributed by atoms with van der Waals surface area (Å²) in [5.41, 5.74) is 0.501. The first-order valence-corrected chi connectivity index (χ1v) is 6.25. The average Bonchev–Trinajstić information content (AvgIpc) is 2.31. The first kappa shape index (κ1) is 11.3. The summed E-state index contributed by atoms with van der Waals surface area (Å²) in [4.78, 5) is 17.9. The number of carbonyl (C=O) groups is 1. The van der Waals surface area contributed by atoms with E-state index in [0.717, 1.165) is 13.1 Å². The molecule has 0 spiro atoms. The summed E-state index contributed by atoms with van der Waals surface area (Å²) >= 11 is 11.6. The van der Waals surface area contributed by atoms with Gasteiger partial charge in [-0.15, -0.1) is 0 Å². The number of halogens is 2. The van der Waals surface area contributed by atoms with Crippen molar-refractivity contribution in [3.63, 3.8) is 0 Å². The Bertz CT molecular complexity index is 464. The topological polar surface area (TPSA) is 45.2 Å². The lowest BCUT2D eigenvalue weighted by atomic mass is 9.91. The van der Waals surface area contributed by atoms with Crippen LogP contribution in [0.1, 0.15) is 16.8 Å². The van der Waals surface area contributed by atoms with Gasteiger partial charge < -0.3 is 10.2 Å². The van der Waals surface area contributed by atoms with Crippen molar-refractivity contribution in [2.75, 3.05) is 13.1 Å². The number of aromatic nitrogens is 1. The monoisotopic (exact) mass is 271 g/mol. The predicted octanol–water partition coefficient (Wildman–Crippen LogP) is 1.57. The van der Waals surface area contributed by atoms with Crippen molar-refractivity contribution in [3.05, 3.63) is 28.0 Å². The summed E-state index contributed by atoms with van der Waals surface area (Å²) in [6.45, 7) is 1.52. The van der Waals surface area contributed by atoms with Crippen LogP contribution in [0.25, 0.3) is 0 Å². The van der Waals surface area contributed by atoms with Crippen molar-refractivity contribution >= 4 is 29.1 Å². The van der Waals surface area contributed by atoms with Crippen molar-refractivity contribution in [1.82, 2.24) is 15.2 Å². The molecule has 1 N–H and O–H groups in total. The molecule has 2 atom stereocenters. The molecule has 4 heterocycles. The van der Waals surface area contributed by atoms with Gasteiger partial charge in [0.15, 0.2) is 0 Å². The molecule has 2 bridgehead atoms. The third kappa shape index (κ3) is 2.01. The predicted molar refractivity (Wildman–Crippen MR) is 65.5 cm³/mol. The number of pyridine rings is 1. The third-order valence-corrected chi connectivity index (χ3v) is 3.94. The Hall–Kier alpha value is -0.840. The summed E-state index contributed by atoms with van der Waals surface area (Å²) in [7, 11) is 0. The maximum Gasteiger partial charge on any atom is 0.255 e. The third-order valence-electron chi connectivity index (χ3n) is 3.25. The SMILES string of the molecule is O=C(c1cnc(Cl)c(Cl)c1)N1CC2CC(C1)N2. The van der Waals surface area contributed by atoms with Gasteiger partial charge in [0.05, 0.1) is 10.6 Å². The molecule has 4 nitrogen and oxygen atoms in total. The minimum Gasteiger partial charge on any atom is -0.335 e. The molecule has 3 aliphatic heterocycles. The molecule has 1 amide bonds. The van der Waals surface area contributed by atoms with E-state index in [1.165, 1.54) is 12.6 Å². The van der Waals surface area contributed by atoms with Gasteiger partial charge in [-0.05, 0) is 12.5 Å². The van der Waals surface area contributed by atoms with Gasteiger partial charge in [0.25, 0.3) is 5.91 Å². The number of fused-ring (bicyclic) bond motifs is 2. The minimum atomic E-state index is -0.0210. The Morgan fingerprint density at radius 1 is 1.41 bits per heavy atom. The van der Waals surface area contributed by atoms with Gasteiger partial charge >= 0.3 is 0 Å². The van der Waals surface area contributed by atoms with Crippen molar-refractivity contribution in [1.29, 1.82) is 0 Å². The highest BCUT2D eigenvalue weighted by Gasteiger charge is 2.38. The molecule has 90 valence electrons. The summed E-state index contributed by atoms with van der Waals surface area (Å²) < 4.78 is 0. The highest BCUT2D eigenvalue weighted by molar-refractivity contribution is 6.41. The molecule has 4 rings (SSSR count). The number of nitrogens with zero attached hydrogens (tertiary/aromatic N) is 2. The number of piperazine rings is 1. The van der Waals surface area contributed by atoms with Crippen LogP contribution in [0.3, 0.4) is 0 Å². The van der Waals surface area contributed by atoms with Crippen molar-refractivity contribution in [2.24, 2.45) is 0 Å². The Kier molecular flexibility index (Phi) is 2.73. The fourth-order valence-electron chi connectivity index (χ4n) is 2.40. The fourth-order valence-corrected chi connectivity index (χ4v) is 2.67. The van der Waals surface area contributed by atoms with Crippen LogP contribution >= 0.6 is 23.2 Å². The Balaban J connectivity index is 1.79. The molecule has 0 radical (unpaired) electrons. The van der Waals surface area contributed by atoms with E-state index >= 15 is 0 Å².